The predicted molar refractivity (Wildman–Crippen MR) is 67.2 cm³/mol. The molecule has 0 aromatic heterocycles. The van der Waals surface area contributed by atoms with Gasteiger partial charge in [0, 0.05) is 19.1 Å². The number of nitrogens with zero attached hydrogens (tertiary/aromatic N) is 1. The lowest BCUT2D eigenvalue weighted by Crippen LogP contribution is -2.51. The molecule has 6 nitrogen and oxygen atoms in total. The van der Waals surface area contributed by atoms with Crippen LogP contribution in [-0.2, 0) is 19.9 Å². The van der Waals surface area contributed by atoms with Gasteiger partial charge in [-0.1, -0.05) is 6.92 Å². The molecule has 1 aliphatic rings. The highest BCUT2D eigenvalue weighted by Gasteiger charge is 2.35. The number of nitrogens with one attached hydrogen (secondary N) is 1. The van der Waals surface area contributed by atoms with E-state index in [9.17, 15) is 16.8 Å². The quantitative estimate of drug-likeness (QED) is 0.658. The standard InChI is InChI=1S/C9H20N2O4S2/c1-3-10-4-6-17(14,15)11-5-7-16(12,13)8-9(11)2/h9-10H,3-8H2,1-2H3. The zero-order valence-electron chi connectivity index (χ0n) is 10.2. The monoisotopic (exact) mass is 284 g/mol. The fourth-order valence-electron chi connectivity index (χ4n) is 1.89. The minimum Gasteiger partial charge on any atom is -0.316 e. The SMILES string of the molecule is CCNCCS(=O)(=O)N1CCS(=O)(=O)CC1C. The van der Waals surface area contributed by atoms with Crippen molar-refractivity contribution in [3.05, 3.63) is 0 Å². The van der Waals surface area contributed by atoms with Crippen molar-refractivity contribution in [1.29, 1.82) is 0 Å². The Labute approximate surface area is 103 Å². The summed E-state index contributed by atoms with van der Waals surface area (Å²) in [6.07, 6.45) is 0. The van der Waals surface area contributed by atoms with E-state index in [1.807, 2.05) is 6.92 Å². The maximum Gasteiger partial charge on any atom is 0.215 e. The first-order valence-corrected chi connectivity index (χ1v) is 9.12. The second kappa shape index (κ2) is 5.64. The molecule has 17 heavy (non-hydrogen) atoms. The number of hydrogen-bond donors (Lipinski definition) is 1. The summed E-state index contributed by atoms with van der Waals surface area (Å²) in [5.41, 5.74) is 0. The average Bonchev–Trinajstić information content (AvgIpc) is 2.15. The minimum absolute atomic E-state index is 0.0191. The summed E-state index contributed by atoms with van der Waals surface area (Å²) >= 11 is 0. The van der Waals surface area contributed by atoms with Crippen LogP contribution in [0.25, 0.3) is 0 Å². The molecule has 0 amide bonds. The fourth-order valence-corrected chi connectivity index (χ4v) is 5.29. The van der Waals surface area contributed by atoms with Crippen molar-refractivity contribution in [2.24, 2.45) is 0 Å². The first kappa shape index (κ1) is 14.9. The molecule has 1 atom stereocenters. The third kappa shape index (κ3) is 4.20. The molecule has 1 fully saturated rings. The fraction of sp³-hybridized carbons (Fsp3) is 1.00. The molecule has 8 heteroatoms. The Morgan fingerprint density at radius 3 is 2.59 bits per heavy atom. The molecule has 1 heterocycles. The van der Waals surface area contributed by atoms with Gasteiger partial charge in [0.2, 0.25) is 10.0 Å². The number of hydrogen-bond acceptors (Lipinski definition) is 5. The van der Waals surface area contributed by atoms with Crippen molar-refractivity contribution in [3.8, 4) is 0 Å². The average molecular weight is 284 g/mol. The van der Waals surface area contributed by atoms with E-state index < -0.39 is 25.9 Å². The predicted octanol–water partition coefficient (Wildman–Crippen LogP) is -0.955. The summed E-state index contributed by atoms with van der Waals surface area (Å²) in [6, 6.07) is -0.458. The lowest BCUT2D eigenvalue weighted by atomic mass is 10.4. The van der Waals surface area contributed by atoms with E-state index in [2.05, 4.69) is 5.32 Å². The van der Waals surface area contributed by atoms with E-state index in [0.29, 0.717) is 6.54 Å². The van der Waals surface area contributed by atoms with Gasteiger partial charge >= 0.3 is 0 Å². The highest BCUT2D eigenvalue weighted by atomic mass is 32.2. The van der Waals surface area contributed by atoms with Gasteiger partial charge in [0.05, 0.1) is 17.3 Å². The first-order valence-electron chi connectivity index (χ1n) is 5.69. The highest BCUT2D eigenvalue weighted by Crippen LogP contribution is 2.15. The lowest BCUT2D eigenvalue weighted by molar-refractivity contribution is 0.356. The molecule has 0 spiro atoms. The summed E-state index contributed by atoms with van der Waals surface area (Å²) in [7, 11) is -6.42. The molecular formula is C9H20N2O4S2. The van der Waals surface area contributed by atoms with Crippen LogP contribution in [0.1, 0.15) is 13.8 Å². The molecular weight excluding hydrogens is 264 g/mol. The molecule has 1 saturated heterocycles. The molecule has 0 aromatic carbocycles. The van der Waals surface area contributed by atoms with Gasteiger partial charge in [0.15, 0.2) is 9.84 Å². The van der Waals surface area contributed by atoms with E-state index >= 15 is 0 Å². The Morgan fingerprint density at radius 2 is 2.06 bits per heavy atom. The van der Waals surface area contributed by atoms with Crippen LogP contribution in [0, 0.1) is 0 Å². The van der Waals surface area contributed by atoms with Crippen molar-refractivity contribution < 1.29 is 16.8 Å². The van der Waals surface area contributed by atoms with Crippen LogP contribution in [0.5, 0.6) is 0 Å². The molecule has 1 unspecified atom stereocenters. The van der Waals surface area contributed by atoms with Gasteiger partial charge in [-0.2, -0.15) is 4.31 Å². The first-order chi connectivity index (χ1) is 7.78. The molecule has 0 saturated carbocycles. The molecule has 0 radical (unpaired) electrons. The molecule has 0 aromatic rings. The topological polar surface area (TPSA) is 83.6 Å². The Morgan fingerprint density at radius 1 is 1.41 bits per heavy atom. The van der Waals surface area contributed by atoms with E-state index in [-0.39, 0.29) is 23.8 Å². The minimum atomic E-state index is -3.35. The smallest absolute Gasteiger partial charge is 0.215 e. The molecule has 1 N–H and O–H groups in total. The summed E-state index contributed by atoms with van der Waals surface area (Å²) in [6.45, 7) is 4.75. The van der Waals surface area contributed by atoms with Crippen LogP contribution in [0.4, 0.5) is 0 Å². The number of sulfonamides is 1. The van der Waals surface area contributed by atoms with Crippen LogP contribution < -0.4 is 5.32 Å². The number of rotatable bonds is 5. The zero-order chi connectivity index (χ0) is 13.1. The molecule has 1 rings (SSSR count). The van der Waals surface area contributed by atoms with Crippen LogP contribution in [0.3, 0.4) is 0 Å². The molecule has 0 aliphatic carbocycles. The van der Waals surface area contributed by atoms with Crippen molar-refractivity contribution in [2.45, 2.75) is 19.9 Å². The van der Waals surface area contributed by atoms with Gasteiger partial charge in [-0.15, -0.1) is 0 Å². The van der Waals surface area contributed by atoms with Gasteiger partial charge in [-0.3, -0.25) is 0 Å². The Bertz CT molecular complexity index is 444. The highest BCUT2D eigenvalue weighted by molar-refractivity contribution is 7.92. The zero-order valence-corrected chi connectivity index (χ0v) is 11.8. The Balaban J connectivity index is 2.67. The van der Waals surface area contributed by atoms with Crippen molar-refractivity contribution >= 4 is 19.9 Å². The summed E-state index contributed by atoms with van der Waals surface area (Å²) < 4.78 is 48.0. The Kier molecular flexibility index (Phi) is 4.94. The summed E-state index contributed by atoms with van der Waals surface area (Å²) in [5.74, 6) is -0.129. The normalized spacial score (nSPS) is 25.9. The van der Waals surface area contributed by atoms with Gasteiger partial charge in [-0.05, 0) is 13.5 Å². The number of sulfone groups is 1. The molecule has 102 valence electrons. The maximum atomic E-state index is 12.0. The largest absolute Gasteiger partial charge is 0.316 e. The van der Waals surface area contributed by atoms with Crippen molar-refractivity contribution in [1.82, 2.24) is 9.62 Å². The second-order valence-corrected chi connectivity index (χ2v) is 8.51. The third-order valence-corrected chi connectivity index (χ3v) is 6.53. The lowest BCUT2D eigenvalue weighted by Gasteiger charge is -2.32. The van der Waals surface area contributed by atoms with Crippen molar-refractivity contribution in [2.75, 3.05) is 36.9 Å². The van der Waals surface area contributed by atoms with Crippen LogP contribution in [-0.4, -0.2) is 64.1 Å². The van der Waals surface area contributed by atoms with Gasteiger partial charge in [0.1, 0.15) is 0 Å². The van der Waals surface area contributed by atoms with E-state index in [0.717, 1.165) is 6.54 Å². The molecule has 1 aliphatic heterocycles. The van der Waals surface area contributed by atoms with Crippen LogP contribution in [0.2, 0.25) is 0 Å². The van der Waals surface area contributed by atoms with Gasteiger partial charge < -0.3 is 5.32 Å². The Hall–Kier alpha value is -0.180. The van der Waals surface area contributed by atoms with E-state index in [1.54, 1.807) is 6.92 Å². The maximum absolute atomic E-state index is 12.0. The van der Waals surface area contributed by atoms with Crippen LogP contribution in [0.15, 0.2) is 0 Å². The second-order valence-electron chi connectivity index (χ2n) is 4.24. The van der Waals surface area contributed by atoms with Gasteiger partial charge in [-0.25, -0.2) is 16.8 Å². The van der Waals surface area contributed by atoms with Gasteiger partial charge in [0.25, 0.3) is 0 Å². The summed E-state index contributed by atoms with van der Waals surface area (Å²) in [4.78, 5) is 0. The summed E-state index contributed by atoms with van der Waals surface area (Å²) in [5, 5.41) is 2.95. The third-order valence-electron chi connectivity index (χ3n) is 2.75. The van der Waals surface area contributed by atoms with Crippen LogP contribution >= 0.6 is 0 Å². The molecule has 0 bridgehead atoms. The van der Waals surface area contributed by atoms with E-state index in [1.165, 1.54) is 4.31 Å². The van der Waals surface area contributed by atoms with E-state index in [4.69, 9.17) is 0 Å². The van der Waals surface area contributed by atoms with Crippen molar-refractivity contribution in [3.63, 3.8) is 0 Å².